The van der Waals surface area contributed by atoms with Gasteiger partial charge in [0.1, 0.15) is 0 Å². The van der Waals surface area contributed by atoms with E-state index in [1.54, 1.807) is 0 Å². The molecule has 0 unspecified atom stereocenters. The first kappa shape index (κ1) is 10.8. The van der Waals surface area contributed by atoms with Crippen molar-refractivity contribution in [2.24, 2.45) is 5.34 Å². The fourth-order valence-electron chi connectivity index (χ4n) is 0.0816. The second-order valence-corrected chi connectivity index (χ2v) is 0.742. The summed E-state index contributed by atoms with van der Waals surface area (Å²) in [6.45, 7) is -0.663. The zero-order chi connectivity index (χ0) is 5.70. The van der Waals surface area contributed by atoms with E-state index < -0.39 is 12.6 Å². The van der Waals surface area contributed by atoms with E-state index in [9.17, 15) is 4.79 Å². The Morgan fingerprint density at radius 2 is 2.38 bits per heavy atom. The van der Waals surface area contributed by atoms with Gasteiger partial charge in [-0.1, -0.05) is 0 Å². The van der Waals surface area contributed by atoms with E-state index in [0.717, 1.165) is 0 Å². The Balaban J connectivity index is -0.000000180. The van der Waals surface area contributed by atoms with Crippen molar-refractivity contribution < 1.29 is 45.7 Å². The summed E-state index contributed by atoms with van der Waals surface area (Å²) in [6, 6.07) is 0. The van der Waals surface area contributed by atoms with Gasteiger partial charge in [-0.25, -0.2) is 4.79 Å². The third kappa shape index (κ3) is 9.30. The summed E-state index contributed by atoms with van der Waals surface area (Å²) in [7, 11) is 0. The quantitative estimate of drug-likeness (QED) is 0.248. The van der Waals surface area contributed by atoms with Crippen LogP contribution in [0, 0.1) is 4.91 Å². The van der Waals surface area contributed by atoms with E-state index in [2.05, 4.69) is 4.84 Å². The third-order valence-corrected chi connectivity index (χ3v) is 0.241. The second-order valence-electron chi connectivity index (χ2n) is 0.742. The van der Waals surface area contributed by atoms with Gasteiger partial charge in [0.2, 0.25) is 6.61 Å². The number of carbonyl (C=O) groups is 1. The number of nitrogens with zero attached hydrogens (tertiary/aromatic N) is 1. The van der Waals surface area contributed by atoms with Crippen molar-refractivity contribution in [1.29, 1.82) is 0 Å². The molecule has 0 spiro atoms. The number of hydrogen-bond acceptors (Lipinski definition) is 4. The third-order valence-electron chi connectivity index (χ3n) is 0.241. The van der Waals surface area contributed by atoms with Crippen molar-refractivity contribution in [2.75, 3.05) is 6.61 Å². The van der Waals surface area contributed by atoms with Gasteiger partial charge < -0.3 is 11.4 Å². The molecule has 42 valence electrons. The van der Waals surface area contributed by atoms with Crippen molar-refractivity contribution in [1.82, 2.24) is 0 Å². The molecular formula is C2H4NNaO4. The Morgan fingerprint density at radius 3 is 2.50 bits per heavy atom. The van der Waals surface area contributed by atoms with E-state index in [-0.39, 0.29) is 31.0 Å². The maximum atomic E-state index is 9.43. The Bertz CT molecular complexity index is 88.6. The van der Waals surface area contributed by atoms with Crippen LogP contribution in [-0.2, 0) is 9.63 Å². The van der Waals surface area contributed by atoms with Crippen LogP contribution in [0.5, 0.6) is 0 Å². The van der Waals surface area contributed by atoms with Gasteiger partial charge in [-0.3, -0.25) is 0 Å². The molecule has 0 aliphatic rings. The fraction of sp³-hybridized carbons (Fsp3) is 0.500. The van der Waals surface area contributed by atoms with Crippen molar-refractivity contribution in [3.8, 4) is 0 Å². The molecule has 0 atom stereocenters. The number of aliphatic carboxylic acids is 1. The van der Waals surface area contributed by atoms with Crippen LogP contribution in [0.15, 0.2) is 5.34 Å². The summed E-state index contributed by atoms with van der Waals surface area (Å²) in [5, 5.41) is 9.57. The number of rotatable bonds is 3. The molecule has 0 saturated heterocycles. The molecule has 6 heteroatoms. The van der Waals surface area contributed by atoms with Crippen LogP contribution < -0.4 is 29.6 Å². The zero-order valence-corrected chi connectivity index (χ0v) is 6.33. The maximum Gasteiger partial charge on any atom is 1.00 e. The molecule has 8 heavy (non-hydrogen) atoms. The largest absolute Gasteiger partial charge is 1.00 e. The molecule has 0 rings (SSSR count). The summed E-state index contributed by atoms with van der Waals surface area (Å²) in [4.78, 5) is 22.0. The van der Waals surface area contributed by atoms with Crippen LogP contribution in [0.4, 0.5) is 0 Å². The Labute approximate surface area is 68.7 Å². The van der Waals surface area contributed by atoms with E-state index >= 15 is 0 Å². The molecule has 0 radical (unpaired) electrons. The molecule has 0 aliphatic heterocycles. The summed E-state index contributed by atoms with van der Waals surface area (Å²) < 4.78 is 0. The number of hydrogen-bond donors (Lipinski definition) is 1. The molecule has 0 amide bonds. The van der Waals surface area contributed by atoms with Crippen LogP contribution in [0.3, 0.4) is 0 Å². The monoisotopic (exact) mass is 129 g/mol. The van der Waals surface area contributed by atoms with E-state index in [1.807, 2.05) is 5.34 Å². The van der Waals surface area contributed by atoms with Gasteiger partial charge in [0.25, 0.3) is 0 Å². The minimum atomic E-state index is -1.21. The molecule has 0 fully saturated rings. The first-order valence-electron chi connectivity index (χ1n) is 1.44. The summed E-state index contributed by atoms with van der Waals surface area (Å²) >= 11 is 0. The minimum Gasteiger partial charge on any atom is -1.00 e. The molecule has 0 aliphatic carbocycles. The predicted octanol–water partition coefficient (Wildman–Crippen LogP) is -3.11. The topological polar surface area (TPSA) is 76.0 Å². The van der Waals surface area contributed by atoms with Crippen LogP contribution >= 0.6 is 0 Å². The molecule has 0 aromatic carbocycles. The Kier molecular flexibility index (Phi) is 9.26. The van der Waals surface area contributed by atoms with Crippen LogP contribution in [0.1, 0.15) is 1.43 Å². The molecule has 0 heterocycles. The van der Waals surface area contributed by atoms with Crippen molar-refractivity contribution in [3.05, 3.63) is 4.91 Å². The predicted molar refractivity (Wildman–Crippen MR) is 20.5 cm³/mol. The number of carboxylic acid groups (broad SMARTS) is 1. The zero-order valence-electron chi connectivity index (χ0n) is 5.33. The first-order chi connectivity index (χ1) is 3.27. The Hall–Kier alpha value is -0.130. The van der Waals surface area contributed by atoms with Crippen LogP contribution in [-0.4, -0.2) is 17.7 Å². The van der Waals surface area contributed by atoms with Crippen LogP contribution in [0.2, 0.25) is 0 Å². The molecule has 0 saturated carbocycles. The SMILES string of the molecule is O=NOCC(=O)O.[H-].[Na+]. The van der Waals surface area contributed by atoms with E-state index in [0.29, 0.717) is 0 Å². The summed E-state index contributed by atoms with van der Waals surface area (Å²) in [5.74, 6) is -1.21. The van der Waals surface area contributed by atoms with Gasteiger partial charge in [0.05, 0.1) is 0 Å². The number of carboxylic acids is 1. The normalized spacial score (nSPS) is 6.50. The smallest absolute Gasteiger partial charge is 1.00 e. The minimum absolute atomic E-state index is 0. The Morgan fingerprint density at radius 1 is 1.88 bits per heavy atom. The summed E-state index contributed by atoms with van der Waals surface area (Å²) in [6.07, 6.45) is 0. The summed E-state index contributed by atoms with van der Waals surface area (Å²) in [5.41, 5.74) is 0. The standard InChI is InChI=1S/C2H3NO4.Na.H/c4-2(5)1-7-3-6;;/h1H2,(H,4,5);;/q;+1;-1. The van der Waals surface area contributed by atoms with Crippen molar-refractivity contribution >= 4 is 5.97 Å². The van der Waals surface area contributed by atoms with Gasteiger partial charge in [-0.2, -0.15) is 0 Å². The van der Waals surface area contributed by atoms with Crippen molar-refractivity contribution in [3.63, 3.8) is 0 Å². The molecule has 5 nitrogen and oxygen atoms in total. The maximum absolute atomic E-state index is 9.43. The van der Waals surface area contributed by atoms with Gasteiger partial charge in [0, 0.05) is 0 Å². The van der Waals surface area contributed by atoms with E-state index in [4.69, 9.17) is 10.0 Å². The first-order valence-corrected chi connectivity index (χ1v) is 1.44. The van der Waals surface area contributed by atoms with Gasteiger partial charge in [0.15, 0.2) is 5.34 Å². The molecule has 0 bridgehead atoms. The van der Waals surface area contributed by atoms with Gasteiger partial charge >= 0.3 is 35.5 Å². The van der Waals surface area contributed by atoms with Gasteiger partial charge in [-0.05, 0) is 0 Å². The second kappa shape index (κ2) is 6.87. The average molecular weight is 129 g/mol. The van der Waals surface area contributed by atoms with E-state index in [1.165, 1.54) is 0 Å². The fourth-order valence-corrected chi connectivity index (χ4v) is 0.0816. The molecular weight excluding hydrogens is 125 g/mol. The molecule has 0 aromatic heterocycles. The average Bonchev–Trinajstić information content (AvgIpc) is 1.61. The van der Waals surface area contributed by atoms with Crippen LogP contribution in [0.25, 0.3) is 0 Å². The molecule has 0 aromatic rings. The van der Waals surface area contributed by atoms with Gasteiger partial charge in [-0.15, -0.1) is 4.91 Å². The van der Waals surface area contributed by atoms with Crippen molar-refractivity contribution in [2.45, 2.75) is 0 Å². The molecule has 1 N–H and O–H groups in total.